The van der Waals surface area contributed by atoms with Crippen LogP contribution in [0, 0.1) is 0 Å². The van der Waals surface area contributed by atoms with Crippen molar-refractivity contribution in [1.29, 1.82) is 0 Å². The lowest BCUT2D eigenvalue weighted by molar-refractivity contribution is -0.117. The fourth-order valence-electron chi connectivity index (χ4n) is 3.23. The first-order valence-electron chi connectivity index (χ1n) is 9.22. The van der Waals surface area contributed by atoms with Gasteiger partial charge < -0.3 is 14.3 Å². The Bertz CT molecular complexity index is 1100. The predicted molar refractivity (Wildman–Crippen MR) is 110 cm³/mol. The van der Waals surface area contributed by atoms with Crippen molar-refractivity contribution in [1.82, 2.24) is 14.9 Å². The van der Waals surface area contributed by atoms with Crippen LogP contribution < -0.4 is 5.32 Å². The summed E-state index contributed by atoms with van der Waals surface area (Å²) in [5, 5.41) is 3.00. The average Bonchev–Trinajstić information content (AvgIpc) is 3.36. The van der Waals surface area contributed by atoms with Gasteiger partial charge in [0.15, 0.2) is 0 Å². The first-order valence-corrected chi connectivity index (χ1v) is 9.22. The number of benzene rings is 2. The van der Waals surface area contributed by atoms with E-state index in [2.05, 4.69) is 28.1 Å². The average molecular weight is 371 g/mol. The zero-order chi connectivity index (χ0) is 19.3. The summed E-state index contributed by atoms with van der Waals surface area (Å²) in [6.45, 7) is 2.64. The number of carbonyl (C=O) groups excluding carboxylic acids is 1. The van der Waals surface area contributed by atoms with Crippen LogP contribution in [-0.4, -0.2) is 15.5 Å². The summed E-state index contributed by atoms with van der Waals surface area (Å²) in [5.74, 6) is 1.27. The number of nitrogens with zero attached hydrogens (tertiary/aromatic N) is 2. The number of furan rings is 1. The van der Waals surface area contributed by atoms with Crippen molar-refractivity contribution in [2.24, 2.45) is 0 Å². The zero-order valence-electron chi connectivity index (χ0n) is 15.6. The number of para-hydroxylation sites is 2. The molecular weight excluding hydrogens is 350 g/mol. The third kappa shape index (κ3) is 3.88. The lowest BCUT2D eigenvalue weighted by Gasteiger charge is -2.15. The smallest absolute Gasteiger partial charge is 0.244 e. The third-order valence-corrected chi connectivity index (χ3v) is 4.56. The number of nitrogens with one attached hydrogen (secondary N) is 1. The lowest BCUT2D eigenvalue weighted by Crippen LogP contribution is -2.27. The molecule has 0 saturated carbocycles. The van der Waals surface area contributed by atoms with E-state index in [1.165, 1.54) is 11.6 Å². The molecule has 0 aliphatic rings. The van der Waals surface area contributed by atoms with E-state index in [1.807, 2.05) is 43.3 Å². The van der Waals surface area contributed by atoms with Crippen LogP contribution in [-0.2, 0) is 11.3 Å². The van der Waals surface area contributed by atoms with Gasteiger partial charge in [0.05, 0.1) is 23.3 Å². The zero-order valence-corrected chi connectivity index (χ0v) is 15.6. The van der Waals surface area contributed by atoms with Gasteiger partial charge in [-0.3, -0.25) is 4.79 Å². The highest BCUT2D eigenvalue weighted by Gasteiger charge is 2.18. The number of hydrogen-bond donors (Lipinski definition) is 1. The molecule has 2 aromatic heterocycles. The molecule has 1 atom stereocenters. The molecule has 2 aromatic carbocycles. The Balaban J connectivity index is 1.60. The number of amides is 1. The second kappa shape index (κ2) is 7.96. The van der Waals surface area contributed by atoms with Gasteiger partial charge in [-0.25, -0.2) is 4.98 Å². The fourth-order valence-corrected chi connectivity index (χ4v) is 3.23. The van der Waals surface area contributed by atoms with Crippen molar-refractivity contribution < 1.29 is 9.21 Å². The van der Waals surface area contributed by atoms with E-state index in [0.29, 0.717) is 12.3 Å². The van der Waals surface area contributed by atoms with Crippen LogP contribution in [0.5, 0.6) is 0 Å². The molecular formula is C23H21N3O2. The number of carbonyl (C=O) groups is 1. The number of rotatable bonds is 6. The molecule has 0 radical (unpaired) electrons. The molecule has 5 heteroatoms. The van der Waals surface area contributed by atoms with Crippen LogP contribution in [0.15, 0.2) is 83.5 Å². The van der Waals surface area contributed by atoms with Gasteiger partial charge in [0.25, 0.3) is 0 Å². The van der Waals surface area contributed by atoms with Gasteiger partial charge in [0, 0.05) is 12.6 Å². The summed E-state index contributed by atoms with van der Waals surface area (Å²) >= 11 is 0. The number of imidazole rings is 1. The van der Waals surface area contributed by atoms with Gasteiger partial charge in [-0.05, 0) is 42.8 Å². The third-order valence-electron chi connectivity index (χ3n) is 4.56. The Morgan fingerprint density at radius 2 is 1.89 bits per heavy atom. The molecule has 0 aliphatic heterocycles. The summed E-state index contributed by atoms with van der Waals surface area (Å²) in [6, 6.07) is 21.6. The molecule has 4 rings (SSSR count). The summed E-state index contributed by atoms with van der Waals surface area (Å²) in [5.41, 5.74) is 3.15. The minimum absolute atomic E-state index is 0.192. The maximum absolute atomic E-state index is 12.3. The predicted octanol–water partition coefficient (Wildman–Crippen LogP) is 4.57. The van der Waals surface area contributed by atoms with Crippen LogP contribution in [0.1, 0.15) is 30.1 Å². The lowest BCUT2D eigenvalue weighted by atomic mass is 10.2. The molecule has 0 bridgehead atoms. The van der Waals surface area contributed by atoms with E-state index in [0.717, 1.165) is 16.9 Å². The Morgan fingerprint density at radius 1 is 1.11 bits per heavy atom. The molecule has 0 spiro atoms. The van der Waals surface area contributed by atoms with Crippen LogP contribution in [0.2, 0.25) is 0 Å². The topological polar surface area (TPSA) is 60.1 Å². The van der Waals surface area contributed by atoms with E-state index in [-0.39, 0.29) is 11.9 Å². The van der Waals surface area contributed by atoms with Crippen LogP contribution >= 0.6 is 0 Å². The van der Waals surface area contributed by atoms with Crippen molar-refractivity contribution in [2.75, 3.05) is 0 Å². The highest BCUT2D eigenvalue weighted by molar-refractivity contribution is 5.91. The highest BCUT2D eigenvalue weighted by Crippen LogP contribution is 2.22. The highest BCUT2D eigenvalue weighted by atomic mass is 16.3. The molecule has 1 N–H and O–H groups in total. The molecule has 1 unspecified atom stereocenters. The van der Waals surface area contributed by atoms with E-state index < -0.39 is 0 Å². The van der Waals surface area contributed by atoms with Crippen LogP contribution in [0.4, 0.5) is 0 Å². The van der Waals surface area contributed by atoms with Crippen molar-refractivity contribution in [3.63, 3.8) is 0 Å². The van der Waals surface area contributed by atoms with Gasteiger partial charge in [0.1, 0.15) is 11.6 Å². The Kier molecular flexibility index (Phi) is 5.06. The van der Waals surface area contributed by atoms with Crippen molar-refractivity contribution in [3.8, 4) is 0 Å². The first-order chi connectivity index (χ1) is 13.7. The van der Waals surface area contributed by atoms with E-state index >= 15 is 0 Å². The van der Waals surface area contributed by atoms with Crippen LogP contribution in [0.3, 0.4) is 0 Å². The van der Waals surface area contributed by atoms with Gasteiger partial charge >= 0.3 is 0 Å². The molecule has 4 aromatic rings. The minimum Gasteiger partial charge on any atom is -0.465 e. The first kappa shape index (κ1) is 17.8. The summed E-state index contributed by atoms with van der Waals surface area (Å²) in [7, 11) is 0. The van der Waals surface area contributed by atoms with Gasteiger partial charge in [-0.2, -0.15) is 0 Å². The molecule has 0 fully saturated rings. The molecule has 5 nitrogen and oxygen atoms in total. The number of aromatic nitrogens is 2. The molecule has 140 valence electrons. The van der Waals surface area contributed by atoms with Gasteiger partial charge in [0.2, 0.25) is 5.91 Å². The summed E-state index contributed by atoms with van der Waals surface area (Å²) in [6.07, 6.45) is 4.70. The Hall–Kier alpha value is -3.60. The normalized spacial score (nSPS) is 12.5. The SMILES string of the molecule is CC(NC(=O)/C=C\c1ccco1)c1nc2ccccc2n1Cc1ccccc1. The van der Waals surface area contributed by atoms with Crippen molar-refractivity contribution in [2.45, 2.75) is 19.5 Å². The van der Waals surface area contributed by atoms with Crippen LogP contribution in [0.25, 0.3) is 17.1 Å². The van der Waals surface area contributed by atoms with Gasteiger partial charge in [-0.15, -0.1) is 0 Å². The second-order valence-electron chi connectivity index (χ2n) is 6.61. The number of hydrogen-bond acceptors (Lipinski definition) is 3. The largest absolute Gasteiger partial charge is 0.465 e. The van der Waals surface area contributed by atoms with Crippen molar-refractivity contribution >= 4 is 23.0 Å². The van der Waals surface area contributed by atoms with Crippen molar-refractivity contribution in [3.05, 3.63) is 96.2 Å². The molecule has 1 amide bonds. The summed E-state index contributed by atoms with van der Waals surface area (Å²) in [4.78, 5) is 17.1. The number of fused-ring (bicyclic) bond motifs is 1. The summed E-state index contributed by atoms with van der Waals surface area (Å²) < 4.78 is 7.37. The van der Waals surface area contributed by atoms with Gasteiger partial charge in [-0.1, -0.05) is 42.5 Å². The maximum Gasteiger partial charge on any atom is 0.244 e. The minimum atomic E-state index is -0.245. The Morgan fingerprint density at radius 3 is 2.68 bits per heavy atom. The molecule has 0 aliphatic carbocycles. The quantitative estimate of drug-likeness (QED) is 0.505. The molecule has 2 heterocycles. The second-order valence-corrected chi connectivity index (χ2v) is 6.61. The molecule has 28 heavy (non-hydrogen) atoms. The standard InChI is InChI=1S/C23H21N3O2/c1-17(24-22(27)14-13-19-10-7-15-28-19)23-25-20-11-5-6-12-21(20)26(23)16-18-8-3-2-4-9-18/h2-15,17H,16H2,1H3,(H,24,27)/b14-13-. The monoisotopic (exact) mass is 371 g/mol. The van der Waals surface area contributed by atoms with E-state index in [1.54, 1.807) is 24.5 Å². The fraction of sp³-hybridized carbons (Fsp3) is 0.130. The molecule has 0 saturated heterocycles. The van der Waals surface area contributed by atoms with E-state index in [9.17, 15) is 4.79 Å². The Labute approximate surface area is 163 Å². The van der Waals surface area contributed by atoms with E-state index in [4.69, 9.17) is 9.40 Å². The maximum atomic E-state index is 12.3.